The van der Waals surface area contributed by atoms with Crippen LogP contribution >= 0.6 is 0 Å². The van der Waals surface area contributed by atoms with Gasteiger partial charge in [0.15, 0.2) is 0 Å². The summed E-state index contributed by atoms with van der Waals surface area (Å²) in [4.78, 5) is 14.4. The number of fused-ring (bicyclic) bond motifs is 2. The van der Waals surface area contributed by atoms with Crippen molar-refractivity contribution in [2.75, 3.05) is 27.4 Å². The highest BCUT2D eigenvalue weighted by atomic mass is 16.7. The minimum atomic E-state index is -0.110. The van der Waals surface area contributed by atoms with Gasteiger partial charge in [0.25, 0.3) is 0 Å². The molecule has 0 fully saturated rings. The van der Waals surface area contributed by atoms with Gasteiger partial charge >= 0.3 is 0 Å². The molecule has 0 bridgehead atoms. The van der Waals surface area contributed by atoms with Gasteiger partial charge < -0.3 is 14.5 Å². The topological polar surface area (TPSA) is 40.5 Å². The number of rotatable bonds is 6. The van der Waals surface area contributed by atoms with Crippen molar-refractivity contribution in [3.8, 4) is 0 Å². The molecule has 0 N–H and O–H groups in total. The van der Waals surface area contributed by atoms with E-state index in [0.717, 1.165) is 30.1 Å². The van der Waals surface area contributed by atoms with Gasteiger partial charge in [0.2, 0.25) is 0 Å². The lowest BCUT2D eigenvalue weighted by atomic mass is 10.0. The van der Waals surface area contributed by atoms with Gasteiger partial charge in [-0.2, -0.15) is 0 Å². The van der Waals surface area contributed by atoms with Gasteiger partial charge in [0.1, 0.15) is 24.3 Å². The third-order valence-corrected chi connectivity index (χ3v) is 5.05. The number of nitrogens with zero attached hydrogens (tertiary/aromatic N) is 4. The summed E-state index contributed by atoms with van der Waals surface area (Å²) in [5.41, 5.74) is 4.51. The SMILES string of the molecule is CON1C=C2C=NC3=C(N(C)C=C(C)C3OCCCc3ccccc3)N2C1. The number of hydrogen-bond donors (Lipinski definition) is 0. The highest BCUT2D eigenvalue weighted by molar-refractivity contribution is 5.81. The van der Waals surface area contributed by atoms with E-state index < -0.39 is 0 Å². The molecule has 27 heavy (non-hydrogen) atoms. The Morgan fingerprint density at radius 3 is 2.78 bits per heavy atom. The number of benzene rings is 1. The van der Waals surface area contributed by atoms with Crippen LogP contribution < -0.4 is 0 Å². The smallest absolute Gasteiger partial charge is 0.139 e. The normalized spacial score (nSPS) is 21.3. The maximum atomic E-state index is 6.28. The van der Waals surface area contributed by atoms with Crippen molar-refractivity contribution in [2.24, 2.45) is 4.99 Å². The molecule has 6 heteroatoms. The van der Waals surface area contributed by atoms with Crippen LogP contribution in [-0.2, 0) is 16.0 Å². The van der Waals surface area contributed by atoms with Gasteiger partial charge in [-0.15, -0.1) is 0 Å². The number of allylic oxidation sites excluding steroid dienone is 1. The number of ether oxygens (including phenoxy) is 1. The van der Waals surface area contributed by atoms with E-state index in [2.05, 4.69) is 54.2 Å². The van der Waals surface area contributed by atoms with E-state index in [0.29, 0.717) is 13.3 Å². The second-order valence-corrected chi connectivity index (χ2v) is 7.01. The molecule has 0 saturated heterocycles. The molecular weight excluding hydrogens is 340 g/mol. The maximum absolute atomic E-state index is 6.28. The first-order chi connectivity index (χ1) is 13.2. The quantitative estimate of drug-likeness (QED) is 0.724. The van der Waals surface area contributed by atoms with E-state index in [4.69, 9.17) is 14.6 Å². The van der Waals surface area contributed by atoms with Gasteiger partial charge in [0, 0.05) is 19.9 Å². The average Bonchev–Trinajstić information content (AvgIpc) is 3.11. The molecule has 142 valence electrons. The molecule has 3 aliphatic rings. The van der Waals surface area contributed by atoms with Crippen LogP contribution in [0.5, 0.6) is 0 Å². The highest BCUT2D eigenvalue weighted by Crippen LogP contribution is 2.36. The van der Waals surface area contributed by atoms with Crippen LogP contribution in [0.3, 0.4) is 0 Å². The van der Waals surface area contributed by atoms with Gasteiger partial charge in [-0.05, 0) is 30.9 Å². The van der Waals surface area contributed by atoms with E-state index in [1.165, 1.54) is 11.1 Å². The molecule has 0 spiro atoms. The Bertz CT molecular complexity index is 813. The zero-order chi connectivity index (χ0) is 18.8. The van der Waals surface area contributed by atoms with Gasteiger partial charge in [-0.3, -0.25) is 9.83 Å². The van der Waals surface area contributed by atoms with Crippen LogP contribution in [0.1, 0.15) is 18.9 Å². The Balaban J connectivity index is 1.45. The van der Waals surface area contributed by atoms with Crippen molar-refractivity contribution in [3.63, 3.8) is 0 Å². The zero-order valence-corrected chi connectivity index (χ0v) is 16.1. The molecule has 0 radical (unpaired) electrons. The predicted octanol–water partition coefficient (Wildman–Crippen LogP) is 3.09. The minimum Gasteiger partial charge on any atom is -0.367 e. The molecule has 1 aromatic carbocycles. The Hall–Kier alpha value is -2.57. The first kappa shape index (κ1) is 17.8. The van der Waals surface area contributed by atoms with Crippen LogP contribution in [0.15, 0.2) is 70.5 Å². The monoisotopic (exact) mass is 366 g/mol. The van der Waals surface area contributed by atoms with Crippen LogP contribution in [0.2, 0.25) is 0 Å². The van der Waals surface area contributed by atoms with Crippen molar-refractivity contribution in [1.29, 1.82) is 0 Å². The van der Waals surface area contributed by atoms with E-state index >= 15 is 0 Å². The van der Waals surface area contributed by atoms with Gasteiger partial charge in [0.05, 0.1) is 25.2 Å². The van der Waals surface area contributed by atoms with E-state index in [-0.39, 0.29) is 6.10 Å². The Kier molecular flexibility index (Phi) is 5.01. The van der Waals surface area contributed by atoms with Gasteiger partial charge in [-0.1, -0.05) is 30.3 Å². The number of aliphatic imine (C=N–C) groups is 1. The first-order valence-electron chi connectivity index (χ1n) is 9.32. The van der Waals surface area contributed by atoms with Crippen LogP contribution in [-0.4, -0.2) is 54.6 Å². The molecule has 1 unspecified atom stereocenters. The number of hydrogen-bond acceptors (Lipinski definition) is 6. The molecule has 6 nitrogen and oxygen atoms in total. The lowest BCUT2D eigenvalue weighted by Crippen LogP contribution is -2.40. The molecule has 3 aliphatic heterocycles. The van der Waals surface area contributed by atoms with Crippen LogP contribution in [0.4, 0.5) is 0 Å². The zero-order valence-electron chi connectivity index (χ0n) is 16.1. The average molecular weight is 366 g/mol. The molecule has 3 heterocycles. The van der Waals surface area contributed by atoms with Crippen LogP contribution in [0.25, 0.3) is 0 Å². The summed E-state index contributed by atoms with van der Waals surface area (Å²) in [6.45, 7) is 3.46. The standard InChI is InChI=1S/C21H26N4O2/c1-16-13-23(2)21-19(22-12-18-14-24(26-3)15-25(18)21)20(16)27-11-7-10-17-8-5-4-6-9-17/h4-6,8-9,12-14,20H,7,10-11,15H2,1-3H3. The predicted molar refractivity (Wildman–Crippen MR) is 105 cm³/mol. The lowest BCUT2D eigenvalue weighted by molar-refractivity contribution is -0.0968. The maximum Gasteiger partial charge on any atom is 0.139 e. The first-order valence-corrected chi connectivity index (χ1v) is 9.32. The van der Waals surface area contributed by atoms with Crippen molar-refractivity contribution in [2.45, 2.75) is 25.9 Å². The Morgan fingerprint density at radius 1 is 1.19 bits per heavy atom. The van der Waals surface area contributed by atoms with Crippen molar-refractivity contribution in [1.82, 2.24) is 14.9 Å². The third kappa shape index (κ3) is 3.50. The molecule has 0 aliphatic carbocycles. The number of aryl methyl sites for hydroxylation is 1. The lowest BCUT2D eigenvalue weighted by Gasteiger charge is -2.38. The summed E-state index contributed by atoms with van der Waals surface area (Å²) in [6, 6.07) is 10.5. The summed E-state index contributed by atoms with van der Waals surface area (Å²) in [7, 11) is 3.73. The highest BCUT2D eigenvalue weighted by Gasteiger charge is 2.36. The fraction of sp³-hybridized carbons (Fsp3) is 0.381. The molecule has 1 aromatic rings. The second-order valence-electron chi connectivity index (χ2n) is 7.01. The molecule has 0 aromatic heterocycles. The van der Waals surface area contributed by atoms with Gasteiger partial charge in [-0.25, -0.2) is 5.06 Å². The second kappa shape index (κ2) is 7.58. The van der Waals surface area contributed by atoms with E-state index in [1.807, 2.05) is 18.5 Å². The Labute approximate surface area is 160 Å². The summed E-state index contributed by atoms with van der Waals surface area (Å²) < 4.78 is 6.28. The fourth-order valence-electron chi connectivity index (χ4n) is 3.75. The molecule has 4 rings (SSSR count). The third-order valence-electron chi connectivity index (χ3n) is 5.05. The molecular formula is C21H26N4O2. The number of hydroxylamine groups is 2. The van der Waals surface area contributed by atoms with Crippen LogP contribution in [0, 0.1) is 0 Å². The van der Waals surface area contributed by atoms with Crippen molar-refractivity contribution >= 4 is 6.21 Å². The van der Waals surface area contributed by atoms with Crippen molar-refractivity contribution < 1.29 is 9.57 Å². The molecule has 0 amide bonds. The van der Waals surface area contributed by atoms with E-state index in [1.54, 1.807) is 12.2 Å². The summed E-state index contributed by atoms with van der Waals surface area (Å²) >= 11 is 0. The summed E-state index contributed by atoms with van der Waals surface area (Å²) in [6.07, 6.45) is 7.89. The minimum absolute atomic E-state index is 0.110. The molecule has 1 atom stereocenters. The van der Waals surface area contributed by atoms with E-state index in [9.17, 15) is 0 Å². The summed E-state index contributed by atoms with van der Waals surface area (Å²) in [5, 5.41) is 1.80. The Morgan fingerprint density at radius 2 is 2.00 bits per heavy atom. The van der Waals surface area contributed by atoms with Crippen molar-refractivity contribution in [3.05, 3.63) is 71.1 Å². The fourth-order valence-corrected chi connectivity index (χ4v) is 3.75. The summed E-state index contributed by atoms with van der Waals surface area (Å²) in [5.74, 6) is 1.06. The molecule has 0 saturated carbocycles. The largest absolute Gasteiger partial charge is 0.367 e.